The van der Waals surface area contributed by atoms with Crippen molar-refractivity contribution in [3.63, 3.8) is 0 Å². The van der Waals surface area contributed by atoms with E-state index in [0.717, 1.165) is 0 Å². The smallest absolute Gasteiger partial charge is 0.822 e. The molecule has 26 heavy (non-hydrogen) atoms. The van der Waals surface area contributed by atoms with Crippen LogP contribution >= 0.6 is 31.3 Å². The molecule has 0 saturated carbocycles. The Morgan fingerprint density at radius 1 is 0.308 bits per heavy atom. The predicted molar refractivity (Wildman–Crippen MR) is 64.9 cm³/mol. The second-order valence-corrected chi connectivity index (χ2v) is 5.37. The van der Waals surface area contributed by atoms with Gasteiger partial charge in [0.25, 0.3) is 0 Å². The molecule has 0 rings (SSSR count). The molecule has 0 aliphatic carbocycles. The summed E-state index contributed by atoms with van der Waals surface area (Å²) in [6.07, 6.45) is 0. The molecule has 128 valence electrons. The molecular weight excluding hydrogens is 573 g/mol. The van der Waals surface area contributed by atoms with Crippen molar-refractivity contribution < 1.29 is 77.0 Å². The molecule has 0 saturated heterocycles. The van der Waals surface area contributed by atoms with E-state index in [1.165, 1.54) is 0 Å². The SMILES string of the molecule is O=P([O-])([O-])[O-].O=P([O-])([O-])[O-].O=P([O-])([O-])[O-].O=P([O-])([O-])[O-].[Ca+2].[Ca+2].[Ca+2].[Mg+2].[Mg+2].[Mg+2]. The van der Waals surface area contributed by atoms with Crippen LogP contribution in [-0.4, -0.2) is 182 Å². The summed E-state index contributed by atoms with van der Waals surface area (Å²) >= 11 is 0. The van der Waals surface area contributed by atoms with Crippen molar-refractivity contribution in [3.05, 3.63) is 0 Å². The molecule has 0 aromatic rings. The van der Waals surface area contributed by atoms with Gasteiger partial charge in [-0.05, 0) is 0 Å². The van der Waals surface area contributed by atoms with Gasteiger partial charge in [0, 0.05) is 0 Å². The Bertz CT molecular complexity index is 305. The fourth-order valence-electron chi connectivity index (χ4n) is 0. The van der Waals surface area contributed by atoms with Crippen LogP contribution in [0.3, 0.4) is 0 Å². The molecule has 0 amide bonds. The van der Waals surface area contributed by atoms with Crippen LogP contribution in [0.4, 0.5) is 0 Å². The van der Waals surface area contributed by atoms with Crippen LogP contribution in [0.5, 0.6) is 0 Å². The Kier molecular flexibility index (Phi) is 77.2. The van der Waals surface area contributed by atoms with E-state index in [9.17, 15) is 0 Å². The zero-order chi connectivity index (χ0) is 18.0. The standard InChI is InChI=1S/3Ca.3Mg.4H3O4P/c;;;;;;4*1-5(2,3)4/h;;;;;;4*(H3,1,2,3,4)/q6*+2;;;;/p-12. The summed E-state index contributed by atoms with van der Waals surface area (Å²) in [5.74, 6) is 0. The third-order valence-corrected chi connectivity index (χ3v) is 0. The summed E-state index contributed by atoms with van der Waals surface area (Å²) in [5.41, 5.74) is 0. The third-order valence-electron chi connectivity index (χ3n) is 0. The minimum absolute atomic E-state index is 0. The Morgan fingerprint density at radius 2 is 0.308 bits per heavy atom. The van der Waals surface area contributed by atoms with Crippen LogP contribution in [0.2, 0.25) is 0 Å². The average Bonchev–Trinajstić information content (AvgIpc) is 1.62. The molecule has 0 bridgehead atoms. The van der Waals surface area contributed by atoms with Gasteiger partial charge in [0.15, 0.2) is 0 Å². The maximum absolute atomic E-state index is 8.55. The molecule has 16 nitrogen and oxygen atoms in total. The number of hydrogen-bond donors (Lipinski definition) is 0. The van der Waals surface area contributed by atoms with E-state index in [1.807, 2.05) is 0 Å². The topological polar surface area (TPSA) is 345 Å². The normalized spacial score (nSPS) is 9.08. The second-order valence-electron chi connectivity index (χ2n) is 1.79. The average molecular weight is 573 g/mol. The Balaban J connectivity index is -0.0000000152. The van der Waals surface area contributed by atoms with E-state index in [4.69, 9.17) is 77.0 Å². The quantitative estimate of drug-likeness (QED) is 0.192. The number of phosphoric acid groups is 4. The summed E-state index contributed by atoms with van der Waals surface area (Å²) in [7, 11) is -21.6. The van der Waals surface area contributed by atoms with Gasteiger partial charge in [-0.15, -0.1) is 0 Å². The van der Waals surface area contributed by atoms with Crippen molar-refractivity contribution in [2.45, 2.75) is 0 Å². The van der Waals surface area contributed by atoms with E-state index >= 15 is 0 Å². The van der Waals surface area contributed by atoms with Gasteiger partial charge < -0.3 is 77.0 Å². The monoisotopic (exact) mass is 572 g/mol. The van der Waals surface area contributed by atoms with Crippen LogP contribution in [0.25, 0.3) is 0 Å². The molecule has 0 unspecified atom stereocenters. The van der Waals surface area contributed by atoms with Gasteiger partial charge >= 0.3 is 182 Å². The molecule has 0 aliphatic heterocycles. The van der Waals surface area contributed by atoms with Crippen LogP contribution in [0.15, 0.2) is 0 Å². The molecule has 0 aromatic heterocycles. The number of rotatable bonds is 0. The van der Waals surface area contributed by atoms with Gasteiger partial charge in [0.2, 0.25) is 0 Å². The molecule has 0 aromatic carbocycles. The fourth-order valence-corrected chi connectivity index (χ4v) is 0. The van der Waals surface area contributed by atoms with Crippen molar-refractivity contribution in [2.75, 3.05) is 0 Å². The minimum atomic E-state index is -5.39. The molecule has 0 radical (unpaired) electrons. The maximum atomic E-state index is 8.55. The number of hydrogen-bond acceptors (Lipinski definition) is 16. The minimum Gasteiger partial charge on any atom is -0.822 e. The summed E-state index contributed by atoms with van der Waals surface area (Å²) in [5, 5.41) is 0. The first-order valence-electron chi connectivity index (χ1n) is 2.92. The molecule has 0 spiro atoms. The van der Waals surface area contributed by atoms with Crippen LogP contribution < -0.4 is 58.7 Å². The Hall–Kier alpha value is 6.52. The summed E-state index contributed by atoms with van der Waals surface area (Å²) in [6.45, 7) is 0. The first-order chi connectivity index (χ1) is 8.00. The van der Waals surface area contributed by atoms with E-state index in [0.29, 0.717) is 0 Å². The molecule has 0 heterocycles. The van der Waals surface area contributed by atoms with Crippen LogP contribution in [0.1, 0.15) is 0 Å². The van der Waals surface area contributed by atoms with E-state index in [2.05, 4.69) is 0 Å². The van der Waals surface area contributed by atoms with Crippen LogP contribution in [-0.2, 0) is 18.3 Å². The van der Waals surface area contributed by atoms with Crippen molar-refractivity contribution >= 4 is 214 Å². The largest absolute Gasteiger partial charge is 2.00 e. The molecule has 26 heteroatoms. The summed E-state index contributed by atoms with van der Waals surface area (Å²) in [6, 6.07) is 0. The van der Waals surface area contributed by atoms with Crippen LogP contribution in [0, 0.1) is 0 Å². The zero-order valence-corrected chi connectivity index (χ0v) is 27.0. The van der Waals surface area contributed by atoms with Gasteiger partial charge in [-0.25, -0.2) is 0 Å². The van der Waals surface area contributed by atoms with E-state index < -0.39 is 31.3 Å². The summed E-state index contributed by atoms with van der Waals surface area (Å²) in [4.78, 5) is 103. The zero-order valence-electron chi connectivity index (χ0n) is 12.6. The maximum Gasteiger partial charge on any atom is 2.00 e. The summed E-state index contributed by atoms with van der Waals surface area (Å²) < 4.78 is 34.2. The Labute approximate surface area is 284 Å². The molecule has 0 atom stereocenters. The van der Waals surface area contributed by atoms with E-state index in [-0.39, 0.29) is 182 Å². The predicted octanol–water partition coefficient (Wildman–Crippen LogP) is -13.6. The van der Waals surface area contributed by atoms with Gasteiger partial charge in [0.1, 0.15) is 0 Å². The Morgan fingerprint density at radius 3 is 0.308 bits per heavy atom. The van der Waals surface area contributed by atoms with Crippen molar-refractivity contribution in [3.8, 4) is 0 Å². The van der Waals surface area contributed by atoms with Gasteiger partial charge in [0.05, 0.1) is 0 Å². The first-order valence-corrected chi connectivity index (χ1v) is 8.76. The van der Waals surface area contributed by atoms with Gasteiger partial charge in [-0.2, -0.15) is 31.3 Å². The van der Waals surface area contributed by atoms with Gasteiger partial charge in [-0.1, -0.05) is 0 Å². The van der Waals surface area contributed by atoms with Crippen molar-refractivity contribution in [1.82, 2.24) is 0 Å². The van der Waals surface area contributed by atoms with E-state index in [1.54, 1.807) is 0 Å². The first kappa shape index (κ1) is 63.7. The van der Waals surface area contributed by atoms with Gasteiger partial charge in [-0.3, -0.25) is 0 Å². The molecule has 0 fully saturated rings. The molecule has 0 N–H and O–H groups in total. The second kappa shape index (κ2) is 31.5. The molecular formula is Ca3Mg3O16P4. The molecule has 0 aliphatic rings. The van der Waals surface area contributed by atoms with Crippen molar-refractivity contribution in [2.24, 2.45) is 0 Å². The third kappa shape index (κ3) is 626. The van der Waals surface area contributed by atoms with Crippen molar-refractivity contribution in [1.29, 1.82) is 0 Å². The fraction of sp³-hybridized carbons (Fsp3) is 0.